The van der Waals surface area contributed by atoms with Gasteiger partial charge in [0.1, 0.15) is 0 Å². The zero-order valence-electron chi connectivity index (χ0n) is 19.1. The number of aromatic hydroxyl groups is 4. The second kappa shape index (κ2) is 7.72. The van der Waals surface area contributed by atoms with E-state index < -0.39 is 0 Å². The lowest BCUT2D eigenvalue weighted by molar-refractivity contribution is 0.392. The minimum atomic E-state index is -0.247. The molecule has 6 rings (SSSR count). The van der Waals surface area contributed by atoms with E-state index in [9.17, 15) is 20.4 Å². The Labute approximate surface area is 205 Å². The van der Waals surface area contributed by atoms with Crippen molar-refractivity contribution >= 4 is 54.9 Å². The van der Waals surface area contributed by atoms with E-state index in [0.717, 1.165) is 54.9 Å². The predicted molar refractivity (Wildman–Crippen MR) is 143 cm³/mol. The van der Waals surface area contributed by atoms with Crippen molar-refractivity contribution in [1.29, 1.82) is 0 Å². The molecule has 0 saturated heterocycles. The molecule has 0 bridgehead atoms. The van der Waals surface area contributed by atoms with Crippen LogP contribution in [0.3, 0.4) is 0 Å². The van der Waals surface area contributed by atoms with Crippen molar-refractivity contribution in [2.45, 2.75) is 23.6 Å². The normalized spacial score (nSPS) is 11.7. The van der Waals surface area contributed by atoms with Crippen LogP contribution >= 0.6 is 11.8 Å². The summed E-state index contributed by atoms with van der Waals surface area (Å²) < 4.78 is 0. The van der Waals surface area contributed by atoms with E-state index in [0.29, 0.717) is 20.9 Å². The Morgan fingerprint density at radius 3 is 1.11 bits per heavy atom. The highest BCUT2D eigenvalue weighted by Gasteiger charge is 2.23. The molecule has 4 N–H and O–H groups in total. The molecule has 0 amide bonds. The van der Waals surface area contributed by atoms with Gasteiger partial charge >= 0.3 is 0 Å². The van der Waals surface area contributed by atoms with Crippen LogP contribution < -0.4 is 0 Å². The molecular formula is C30H22O4S. The van der Waals surface area contributed by atoms with Crippen molar-refractivity contribution in [3.63, 3.8) is 0 Å². The van der Waals surface area contributed by atoms with Crippen molar-refractivity contribution in [1.82, 2.24) is 0 Å². The molecule has 172 valence electrons. The molecule has 0 heterocycles. The smallest absolute Gasteiger partial charge is 0.172 e. The van der Waals surface area contributed by atoms with Gasteiger partial charge in [0.25, 0.3) is 0 Å². The molecule has 0 unspecified atom stereocenters. The highest BCUT2D eigenvalue weighted by atomic mass is 32.2. The van der Waals surface area contributed by atoms with E-state index in [1.54, 1.807) is 13.8 Å². The number of rotatable bonds is 2. The highest BCUT2D eigenvalue weighted by Crippen LogP contribution is 2.53. The van der Waals surface area contributed by atoms with E-state index in [2.05, 4.69) is 0 Å². The number of hydrogen-bond acceptors (Lipinski definition) is 5. The molecule has 6 aromatic carbocycles. The summed E-state index contributed by atoms with van der Waals surface area (Å²) in [5.41, 5.74) is 1.17. The first-order valence-electron chi connectivity index (χ1n) is 11.3. The number of aryl methyl sites for hydroxylation is 2. The molecule has 0 aromatic heterocycles. The minimum Gasteiger partial charge on any atom is -0.504 e. The lowest BCUT2D eigenvalue weighted by atomic mass is 9.99. The van der Waals surface area contributed by atoms with Gasteiger partial charge in [-0.1, -0.05) is 60.3 Å². The first-order chi connectivity index (χ1) is 16.8. The van der Waals surface area contributed by atoms with Crippen LogP contribution in [0.1, 0.15) is 11.1 Å². The predicted octanol–water partition coefficient (Wildman–Crippen LogP) is 7.89. The average Bonchev–Trinajstić information content (AvgIpc) is 2.88. The molecule has 6 aromatic rings. The molecule has 0 fully saturated rings. The van der Waals surface area contributed by atoms with Crippen molar-refractivity contribution < 1.29 is 20.4 Å². The fraction of sp³-hybridized carbons (Fsp3) is 0.0667. The van der Waals surface area contributed by atoms with E-state index in [4.69, 9.17) is 0 Å². The topological polar surface area (TPSA) is 80.9 Å². The van der Waals surface area contributed by atoms with Gasteiger partial charge in [-0.05, 0) is 70.4 Å². The summed E-state index contributed by atoms with van der Waals surface area (Å²) in [5.74, 6) is -0.880. The van der Waals surface area contributed by atoms with Gasteiger partial charge in [-0.3, -0.25) is 0 Å². The second-order valence-corrected chi connectivity index (χ2v) is 9.92. The maximum Gasteiger partial charge on any atom is 0.172 e. The first-order valence-corrected chi connectivity index (χ1v) is 12.1. The molecule has 4 nitrogen and oxygen atoms in total. The summed E-state index contributed by atoms with van der Waals surface area (Å²) in [6, 6.07) is 23.8. The van der Waals surface area contributed by atoms with Crippen LogP contribution in [-0.2, 0) is 0 Å². The molecule has 35 heavy (non-hydrogen) atoms. The molecule has 0 aliphatic rings. The van der Waals surface area contributed by atoms with E-state index in [1.807, 2.05) is 72.8 Å². The van der Waals surface area contributed by atoms with Crippen molar-refractivity contribution in [3.8, 4) is 23.0 Å². The maximum atomic E-state index is 11.1. The number of benzene rings is 6. The van der Waals surface area contributed by atoms with Crippen LogP contribution in [0.5, 0.6) is 23.0 Å². The Morgan fingerprint density at radius 1 is 0.457 bits per heavy atom. The Balaban J connectivity index is 1.70. The number of hydrogen-bond donors (Lipinski definition) is 4. The van der Waals surface area contributed by atoms with Gasteiger partial charge in [0.2, 0.25) is 0 Å². The van der Waals surface area contributed by atoms with Gasteiger partial charge in [0, 0.05) is 21.9 Å². The van der Waals surface area contributed by atoms with Crippen LogP contribution in [-0.4, -0.2) is 20.4 Å². The summed E-state index contributed by atoms with van der Waals surface area (Å²) in [6.45, 7) is 3.55. The van der Waals surface area contributed by atoms with Gasteiger partial charge in [0.15, 0.2) is 23.0 Å². The fourth-order valence-corrected chi connectivity index (χ4v) is 6.01. The van der Waals surface area contributed by atoms with Gasteiger partial charge in [-0.2, -0.15) is 0 Å². The van der Waals surface area contributed by atoms with Gasteiger partial charge in [0.05, 0.1) is 9.79 Å². The summed E-state index contributed by atoms with van der Waals surface area (Å²) in [5, 5.41) is 50.9. The summed E-state index contributed by atoms with van der Waals surface area (Å²) in [6.07, 6.45) is 0. The third kappa shape index (κ3) is 3.16. The van der Waals surface area contributed by atoms with Crippen LogP contribution in [0.2, 0.25) is 0 Å². The number of fused-ring (bicyclic) bond motifs is 4. The zero-order chi connectivity index (χ0) is 24.4. The fourth-order valence-electron chi connectivity index (χ4n) is 4.87. The summed E-state index contributed by atoms with van der Waals surface area (Å²) in [7, 11) is 0. The van der Waals surface area contributed by atoms with Crippen LogP contribution in [0.25, 0.3) is 43.1 Å². The van der Waals surface area contributed by atoms with Gasteiger partial charge < -0.3 is 20.4 Å². The molecule has 0 radical (unpaired) electrons. The molecule has 0 aliphatic heterocycles. The number of phenolic OH excluding ortho intramolecular Hbond substituents is 4. The van der Waals surface area contributed by atoms with E-state index in [-0.39, 0.29) is 23.0 Å². The Kier molecular flexibility index (Phi) is 4.73. The lowest BCUT2D eigenvalue weighted by Gasteiger charge is -2.18. The molecule has 0 saturated carbocycles. The standard InChI is InChI=1S/C30H22O4S/c1-15-21-11-17-7-3-5-9-19(17)13-23(21)29(27(33)25(15)31)35-30-24-14-20-10-6-4-8-18(20)12-22(24)16(2)26(32)28(30)34/h3-14,31-34H,1-2H3. The maximum absolute atomic E-state index is 11.1. The quantitative estimate of drug-likeness (QED) is 0.150. The first kappa shape index (κ1) is 21.4. The largest absolute Gasteiger partial charge is 0.504 e. The Bertz CT molecular complexity index is 1700. The van der Waals surface area contributed by atoms with Gasteiger partial charge in [-0.25, -0.2) is 0 Å². The third-order valence-corrected chi connectivity index (χ3v) is 8.10. The minimum absolute atomic E-state index is 0.194. The Morgan fingerprint density at radius 2 is 0.771 bits per heavy atom. The molecule has 5 heteroatoms. The monoisotopic (exact) mass is 478 g/mol. The molecule has 0 spiro atoms. The van der Waals surface area contributed by atoms with Crippen molar-refractivity contribution in [2.24, 2.45) is 0 Å². The Hall–Kier alpha value is -4.09. The van der Waals surface area contributed by atoms with Gasteiger partial charge in [-0.15, -0.1) is 0 Å². The third-order valence-electron chi connectivity index (χ3n) is 6.86. The SMILES string of the molecule is Cc1c(O)c(O)c(Sc2c(O)c(O)c(C)c3cc4ccccc4cc23)c2cc3ccccc3cc12. The van der Waals surface area contributed by atoms with Crippen LogP contribution in [0.15, 0.2) is 82.6 Å². The summed E-state index contributed by atoms with van der Waals surface area (Å²) >= 11 is 1.14. The zero-order valence-corrected chi connectivity index (χ0v) is 19.9. The lowest BCUT2D eigenvalue weighted by Crippen LogP contribution is -1.90. The van der Waals surface area contributed by atoms with Crippen molar-refractivity contribution in [2.75, 3.05) is 0 Å². The van der Waals surface area contributed by atoms with Crippen molar-refractivity contribution in [3.05, 3.63) is 83.9 Å². The summed E-state index contributed by atoms with van der Waals surface area (Å²) in [4.78, 5) is 0.837. The molecule has 0 aliphatic carbocycles. The second-order valence-electron chi connectivity index (χ2n) is 8.89. The number of phenols is 4. The average molecular weight is 479 g/mol. The molecular weight excluding hydrogens is 456 g/mol. The highest BCUT2D eigenvalue weighted by molar-refractivity contribution is 8.00. The van der Waals surface area contributed by atoms with E-state index >= 15 is 0 Å². The molecule has 0 atom stereocenters. The van der Waals surface area contributed by atoms with Crippen LogP contribution in [0.4, 0.5) is 0 Å². The van der Waals surface area contributed by atoms with Crippen LogP contribution in [0, 0.1) is 13.8 Å². The van der Waals surface area contributed by atoms with E-state index in [1.165, 1.54) is 0 Å².